The normalized spacial score (nSPS) is 12.3. The maximum atomic E-state index is 12.7. The minimum absolute atomic E-state index is 0.0661. The van der Waals surface area contributed by atoms with Crippen LogP contribution in [0.1, 0.15) is 329 Å². The van der Waals surface area contributed by atoms with Crippen LogP contribution in [0, 0.1) is 0 Å². The molecule has 6 heteroatoms. The van der Waals surface area contributed by atoms with Gasteiger partial charge in [0.15, 0.2) is 6.10 Å². The number of carbonyl (C=O) groups excluding carboxylic acids is 3. The Morgan fingerprint density at radius 3 is 0.859 bits per heavy atom. The van der Waals surface area contributed by atoms with Crippen molar-refractivity contribution >= 4 is 17.9 Å². The van der Waals surface area contributed by atoms with E-state index in [0.717, 1.165) is 83.5 Å². The fourth-order valence-corrected chi connectivity index (χ4v) is 9.20. The second kappa shape index (κ2) is 59.9. The summed E-state index contributed by atoms with van der Waals surface area (Å²) in [5.74, 6) is -0.856. The highest BCUT2D eigenvalue weighted by Gasteiger charge is 2.19. The van der Waals surface area contributed by atoms with E-state index in [9.17, 15) is 14.4 Å². The first-order valence-electron chi connectivity index (χ1n) is 31.1. The third-order valence-corrected chi connectivity index (χ3v) is 13.8. The average molecular weight is 996 g/mol. The summed E-state index contributed by atoms with van der Waals surface area (Å²) in [7, 11) is 0. The highest BCUT2D eigenvalue weighted by molar-refractivity contribution is 5.71. The van der Waals surface area contributed by atoms with E-state index in [0.29, 0.717) is 19.3 Å². The largest absolute Gasteiger partial charge is 0.462 e. The summed E-state index contributed by atoms with van der Waals surface area (Å²) in [6, 6.07) is 0. The number of unbranched alkanes of at least 4 members (excludes halogenated alkanes) is 38. The lowest BCUT2D eigenvalue weighted by Crippen LogP contribution is -2.30. The molecule has 0 saturated carbocycles. The molecule has 0 spiro atoms. The third kappa shape index (κ3) is 58.1. The number of hydrogen-bond donors (Lipinski definition) is 0. The molecule has 0 aliphatic carbocycles. The van der Waals surface area contributed by atoms with Crippen molar-refractivity contribution in [2.75, 3.05) is 13.2 Å². The Morgan fingerprint density at radius 2 is 0.549 bits per heavy atom. The van der Waals surface area contributed by atoms with Gasteiger partial charge in [0.05, 0.1) is 0 Å². The molecule has 0 amide bonds. The summed E-state index contributed by atoms with van der Waals surface area (Å²) in [4.78, 5) is 37.9. The van der Waals surface area contributed by atoms with Crippen molar-refractivity contribution in [3.8, 4) is 0 Å². The monoisotopic (exact) mass is 995 g/mol. The molecule has 414 valence electrons. The van der Waals surface area contributed by atoms with Crippen LogP contribution in [0.15, 0.2) is 48.6 Å². The Bertz CT molecular complexity index is 1230. The van der Waals surface area contributed by atoms with Crippen LogP contribution in [0.25, 0.3) is 0 Å². The Morgan fingerprint density at radius 1 is 0.296 bits per heavy atom. The molecule has 0 aliphatic rings. The third-order valence-electron chi connectivity index (χ3n) is 13.8. The molecule has 0 aromatic rings. The molecule has 0 fully saturated rings. The summed E-state index contributed by atoms with van der Waals surface area (Å²) in [5, 5.41) is 0. The number of ether oxygens (including phenoxy) is 3. The van der Waals surface area contributed by atoms with Crippen molar-refractivity contribution in [2.45, 2.75) is 335 Å². The number of carbonyl (C=O) groups is 3. The van der Waals surface area contributed by atoms with Crippen LogP contribution in [-0.2, 0) is 28.6 Å². The lowest BCUT2D eigenvalue weighted by molar-refractivity contribution is -0.167. The lowest BCUT2D eigenvalue weighted by atomic mass is 10.0. The summed E-state index contributed by atoms with van der Waals surface area (Å²) >= 11 is 0. The molecule has 0 aromatic heterocycles. The van der Waals surface area contributed by atoms with Crippen molar-refractivity contribution in [1.82, 2.24) is 0 Å². The first-order valence-corrected chi connectivity index (χ1v) is 31.1. The standard InChI is InChI=1S/C65H118O6/c1-4-7-10-13-16-18-20-21-22-23-24-25-26-27-28-29-30-31-32-33-34-35-36-37-38-39-40-41-42-43-45-46-49-52-55-58-64(67)70-61-62(60-69-63(66)57-54-51-48-15-12-9-6-3)71-65(68)59-56-53-50-47-44-19-17-14-11-8-5-2/h7,10,16,18,21-22,24-25,62H,4-6,8-9,11-15,17,19-20,23,26-61H2,1-3H3/b10-7-,18-16-,22-21-,25-24-. The van der Waals surface area contributed by atoms with E-state index in [1.165, 1.54) is 205 Å². The van der Waals surface area contributed by atoms with Gasteiger partial charge >= 0.3 is 17.9 Å². The van der Waals surface area contributed by atoms with Gasteiger partial charge in [0, 0.05) is 19.3 Å². The van der Waals surface area contributed by atoms with Crippen molar-refractivity contribution < 1.29 is 28.6 Å². The molecule has 0 saturated heterocycles. The maximum Gasteiger partial charge on any atom is 0.306 e. The number of esters is 3. The van der Waals surface area contributed by atoms with Crippen LogP contribution < -0.4 is 0 Å². The smallest absolute Gasteiger partial charge is 0.306 e. The predicted octanol–water partition coefficient (Wildman–Crippen LogP) is 21.0. The van der Waals surface area contributed by atoms with E-state index in [4.69, 9.17) is 14.2 Å². The van der Waals surface area contributed by atoms with Gasteiger partial charge in [0.1, 0.15) is 13.2 Å². The molecule has 6 nitrogen and oxygen atoms in total. The van der Waals surface area contributed by atoms with Gasteiger partial charge in [-0.05, 0) is 57.8 Å². The van der Waals surface area contributed by atoms with Gasteiger partial charge in [-0.1, -0.05) is 301 Å². The van der Waals surface area contributed by atoms with E-state index >= 15 is 0 Å². The zero-order chi connectivity index (χ0) is 51.4. The Hall–Kier alpha value is -2.63. The summed E-state index contributed by atoms with van der Waals surface area (Å²) in [6.45, 7) is 6.51. The SMILES string of the molecule is CC/C=C\C/C=C\C/C=C\C/C=C\CCCCCCCCCCCCCCCCCCCCCCCCC(=O)OCC(COC(=O)CCCCCCCCC)OC(=O)CCCCCCCCCCCCC. The maximum absolute atomic E-state index is 12.7. The highest BCUT2D eigenvalue weighted by atomic mass is 16.6. The minimum atomic E-state index is -0.763. The van der Waals surface area contributed by atoms with Crippen LogP contribution in [0.5, 0.6) is 0 Å². The molecular formula is C65H118O6. The Kier molecular flexibility index (Phi) is 57.7. The molecule has 0 aliphatic heterocycles. The van der Waals surface area contributed by atoms with E-state index in [2.05, 4.69) is 69.4 Å². The molecule has 0 bridgehead atoms. The fourth-order valence-electron chi connectivity index (χ4n) is 9.20. The summed E-state index contributed by atoms with van der Waals surface area (Å²) in [5.41, 5.74) is 0. The van der Waals surface area contributed by atoms with E-state index in [1.807, 2.05) is 0 Å². The van der Waals surface area contributed by atoms with Crippen molar-refractivity contribution in [3.63, 3.8) is 0 Å². The Balaban J connectivity index is 3.87. The van der Waals surface area contributed by atoms with Gasteiger partial charge in [0.25, 0.3) is 0 Å². The molecule has 1 atom stereocenters. The van der Waals surface area contributed by atoms with Gasteiger partial charge < -0.3 is 14.2 Å². The van der Waals surface area contributed by atoms with E-state index in [-0.39, 0.29) is 31.1 Å². The van der Waals surface area contributed by atoms with Crippen LogP contribution >= 0.6 is 0 Å². The molecule has 1 unspecified atom stereocenters. The Labute approximate surface area is 441 Å². The van der Waals surface area contributed by atoms with Crippen LogP contribution in [0.4, 0.5) is 0 Å². The topological polar surface area (TPSA) is 78.9 Å². The number of rotatable bonds is 57. The van der Waals surface area contributed by atoms with Crippen molar-refractivity contribution in [1.29, 1.82) is 0 Å². The average Bonchev–Trinajstić information content (AvgIpc) is 3.37. The number of allylic oxidation sites excluding steroid dienone is 8. The summed E-state index contributed by atoms with van der Waals surface area (Å²) in [6.07, 6.45) is 74.6. The quantitative estimate of drug-likeness (QED) is 0.0261. The van der Waals surface area contributed by atoms with Crippen molar-refractivity contribution in [3.05, 3.63) is 48.6 Å². The molecule has 71 heavy (non-hydrogen) atoms. The van der Waals surface area contributed by atoms with Gasteiger partial charge in [-0.15, -0.1) is 0 Å². The molecule has 0 aromatic carbocycles. The molecule has 0 rings (SSSR count). The van der Waals surface area contributed by atoms with Crippen LogP contribution in [-0.4, -0.2) is 37.2 Å². The van der Waals surface area contributed by atoms with Crippen LogP contribution in [0.3, 0.4) is 0 Å². The van der Waals surface area contributed by atoms with Gasteiger partial charge in [-0.25, -0.2) is 0 Å². The van der Waals surface area contributed by atoms with E-state index < -0.39 is 6.10 Å². The van der Waals surface area contributed by atoms with Crippen LogP contribution in [0.2, 0.25) is 0 Å². The summed E-state index contributed by atoms with van der Waals surface area (Å²) < 4.78 is 16.8. The van der Waals surface area contributed by atoms with Gasteiger partial charge in [-0.3, -0.25) is 14.4 Å². The molecule has 0 heterocycles. The zero-order valence-corrected chi connectivity index (χ0v) is 47.5. The zero-order valence-electron chi connectivity index (χ0n) is 47.5. The minimum Gasteiger partial charge on any atom is -0.462 e. The van der Waals surface area contributed by atoms with Crippen molar-refractivity contribution in [2.24, 2.45) is 0 Å². The van der Waals surface area contributed by atoms with E-state index in [1.54, 1.807) is 0 Å². The highest BCUT2D eigenvalue weighted by Crippen LogP contribution is 2.18. The molecular weight excluding hydrogens is 877 g/mol. The van der Waals surface area contributed by atoms with Gasteiger partial charge in [0.2, 0.25) is 0 Å². The fraction of sp³-hybridized carbons (Fsp3) is 0.831. The first kappa shape index (κ1) is 68.4. The molecule has 0 N–H and O–H groups in total. The predicted molar refractivity (Wildman–Crippen MR) is 307 cm³/mol. The number of hydrogen-bond acceptors (Lipinski definition) is 6. The first-order chi connectivity index (χ1) is 35.0. The van der Waals surface area contributed by atoms with Gasteiger partial charge in [-0.2, -0.15) is 0 Å². The second-order valence-corrected chi connectivity index (χ2v) is 21.0. The lowest BCUT2D eigenvalue weighted by Gasteiger charge is -2.18. The molecule has 0 radical (unpaired) electrons. The second-order valence-electron chi connectivity index (χ2n) is 21.0.